The zero-order chi connectivity index (χ0) is 13.7. The number of benzene rings is 1. The number of para-hydroxylation sites is 1. The average molecular weight is 303 g/mol. The number of halogens is 2. The summed E-state index contributed by atoms with van der Waals surface area (Å²) < 4.78 is 18.9. The first kappa shape index (κ1) is 17.2. The SMILES string of the molecule is CC(N)C1CCCN(CCOc2ccccc2F)C1.Cl. The first-order chi connectivity index (χ1) is 9.16. The minimum absolute atomic E-state index is 0. The average Bonchev–Trinajstić information content (AvgIpc) is 2.41. The first-order valence-corrected chi connectivity index (χ1v) is 7.02. The molecule has 0 spiro atoms. The molecule has 1 heterocycles. The van der Waals surface area contributed by atoms with Gasteiger partial charge >= 0.3 is 0 Å². The lowest BCUT2D eigenvalue weighted by Crippen LogP contribution is -2.43. The van der Waals surface area contributed by atoms with E-state index < -0.39 is 0 Å². The molecule has 0 saturated carbocycles. The highest BCUT2D eigenvalue weighted by Crippen LogP contribution is 2.19. The molecular formula is C15H24ClFN2O. The molecule has 0 aromatic heterocycles. The number of likely N-dealkylation sites (tertiary alicyclic amines) is 1. The minimum Gasteiger partial charge on any atom is -0.489 e. The van der Waals surface area contributed by atoms with Crippen molar-refractivity contribution >= 4 is 12.4 Å². The van der Waals surface area contributed by atoms with Crippen molar-refractivity contribution in [2.45, 2.75) is 25.8 Å². The lowest BCUT2D eigenvalue weighted by atomic mass is 9.92. The van der Waals surface area contributed by atoms with Crippen molar-refractivity contribution in [2.24, 2.45) is 11.7 Å². The fourth-order valence-electron chi connectivity index (χ4n) is 2.57. The quantitative estimate of drug-likeness (QED) is 0.909. The Kier molecular flexibility index (Phi) is 7.27. The van der Waals surface area contributed by atoms with Crippen LogP contribution in [0.1, 0.15) is 19.8 Å². The van der Waals surface area contributed by atoms with Crippen LogP contribution in [0.25, 0.3) is 0 Å². The fraction of sp³-hybridized carbons (Fsp3) is 0.600. The zero-order valence-electron chi connectivity index (χ0n) is 11.9. The molecule has 1 aliphatic heterocycles. The monoisotopic (exact) mass is 302 g/mol. The number of rotatable bonds is 5. The first-order valence-electron chi connectivity index (χ1n) is 7.02. The van der Waals surface area contributed by atoms with Crippen LogP contribution in [-0.4, -0.2) is 37.2 Å². The summed E-state index contributed by atoms with van der Waals surface area (Å²) in [5, 5.41) is 0. The van der Waals surface area contributed by atoms with Gasteiger partial charge in [-0.25, -0.2) is 4.39 Å². The van der Waals surface area contributed by atoms with Gasteiger partial charge in [0.25, 0.3) is 0 Å². The highest BCUT2D eigenvalue weighted by molar-refractivity contribution is 5.85. The normalized spacial score (nSPS) is 21.1. The van der Waals surface area contributed by atoms with Gasteiger partial charge in [0.05, 0.1) is 0 Å². The van der Waals surface area contributed by atoms with E-state index in [1.165, 1.54) is 18.9 Å². The third kappa shape index (κ3) is 4.93. The smallest absolute Gasteiger partial charge is 0.165 e. The second-order valence-corrected chi connectivity index (χ2v) is 5.34. The summed E-state index contributed by atoms with van der Waals surface area (Å²) in [5.41, 5.74) is 5.96. The van der Waals surface area contributed by atoms with Crippen LogP contribution in [0.4, 0.5) is 4.39 Å². The second-order valence-electron chi connectivity index (χ2n) is 5.34. The number of hydrogen-bond acceptors (Lipinski definition) is 3. The summed E-state index contributed by atoms with van der Waals surface area (Å²) in [5.74, 6) is 0.611. The van der Waals surface area contributed by atoms with Crippen LogP contribution >= 0.6 is 12.4 Å². The van der Waals surface area contributed by atoms with E-state index in [4.69, 9.17) is 10.5 Å². The van der Waals surface area contributed by atoms with Gasteiger partial charge in [0.1, 0.15) is 6.61 Å². The molecule has 114 valence electrons. The highest BCUT2D eigenvalue weighted by Gasteiger charge is 2.22. The van der Waals surface area contributed by atoms with Crippen molar-refractivity contribution in [3.8, 4) is 5.75 Å². The van der Waals surface area contributed by atoms with Gasteiger partial charge in [-0.15, -0.1) is 12.4 Å². The third-order valence-corrected chi connectivity index (χ3v) is 3.79. The predicted octanol–water partition coefficient (Wildman–Crippen LogP) is 2.69. The zero-order valence-corrected chi connectivity index (χ0v) is 12.7. The lowest BCUT2D eigenvalue weighted by molar-refractivity contribution is 0.136. The Bertz CT molecular complexity index is 403. The van der Waals surface area contributed by atoms with Crippen LogP contribution in [0.15, 0.2) is 24.3 Å². The van der Waals surface area contributed by atoms with Crippen molar-refractivity contribution < 1.29 is 9.13 Å². The van der Waals surface area contributed by atoms with Crippen molar-refractivity contribution in [3.63, 3.8) is 0 Å². The molecule has 3 nitrogen and oxygen atoms in total. The maximum absolute atomic E-state index is 13.4. The van der Waals surface area contributed by atoms with Crippen molar-refractivity contribution in [1.82, 2.24) is 4.90 Å². The van der Waals surface area contributed by atoms with Crippen LogP contribution < -0.4 is 10.5 Å². The molecule has 1 aliphatic rings. The van der Waals surface area contributed by atoms with E-state index in [0.29, 0.717) is 18.3 Å². The summed E-state index contributed by atoms with van der Waals surface area (Å²) in [6.07, 6.45) is 2.40. The van der Waals surface area contributed by atoms with Gasteiger partial charge in [-0.1, -0.05) is 12.1 Å². The summed E-state index contributed by atoms with van der Waals surface area (Å²) in [4.78, 5) is 2.36. The molecule has 1 aromatic carbocycles. The molecule has 2 N–H and O–H groups in total. The Morgan fingerprint density at radius 3 is 2.90 bits per heavy atom. The van der Waals surface area contributed by atoms with E-state index in [9.17, 15) is 4.39 Å². The van der Waals surface area contributed by atoms with E-state index in [0.717, 1.165) is 19.6 Å². The molecule has 1 fully saturated rings. The Balaban J connectivity index is 0.00000200. The minimum atomic E-state index is -0.297. The number of nitrogens with two attached hydrogens (primary N) is 1. The van der Waals surface area contributed by atoms with Crippen molar-refractivity contribution in [3.05, 3.63) is 30.1 Å². The molecule has 0 amide bonds. The molecule has 0 radical (unpaired) electrons. The van der Waals surface area contributed by atoms with E-state index in [-0.39, 0.29) is 24.3 Å². The molecule has 0 aliphatic carbocycles. The molecular weight excluding hydrogens is 279 g/mol. The molecule has 1 saturated heterocycles. The molecule has 0 bridgehead atoms. The van der Waals surface area contributed by atoms with Crippen molar-refractivity contribution in [1.29, 1.82) is 0 Å². The van der Waals surface area contributed by atoms with Crippen molar-refractivity contribution in [2.75, 3.05) is 26.2 Å². The van der Waals surface area contributed by atoms with Crippen LogP contribution in [0.5, 0.6) is 5.75 Å². The number of nitrogens with zero attached hydrogens (tertiary/aromatic N) is 1. The van der Waals surface area contributed by atoms with Gasteiger partial charge < -0.3 is 10.5 Å². The van der Waals surface area contributed by atoms with Gasteiger partial charge in [-0.05, 0) is 44.4 Å². The number of piperidine rings is 1. The Morgan fingerprint density at radius 2 is 2.20 bits per heavy atom. The van der Waals surface area contributed by atoms with Gasteiger partial charge in [0.15, 0.2) is 11.6 Å². The topological polar surface area (TPSA) is 38.5 Å². The third-order valence-electron chi connectivity index (χ3n) is 3.79. The lowest BCUT2D eigenvalue weighted by Gasteiger charge is -2.34. The standard InChI is InChI=1S/C15H23FN2O.ClH/c1-12(17)13-5-4-8-18(11-13)9-10-19-15-7-3-2-6-14(15)16;/h2-3,6-7,12-13H,4-5,8-11,17H2,1H3;1H. The maximum atomic E-state index is 13.4. The highest BCUT2D eigenvalue weighted by atomic mass is 35.5. The van der Waals surface area contributed by atoms with Crippen LogP contribution in [-0.2, 0) is 0 Å². The van der Waals surface area contributed by atoms with Gasteiger partial charge in [-0.3, -0.25) is 4.90 Å². The molecule has 1 aromatic rings. The molecule has 20 heavy (non-hydrogen) atoms. The summed E-state index contributed by atoms with van der Waals surface area (Å²) >= 11 is 0. The van der Waals surface area contributed by atoms with E-state index in [1.54, 1.807) is 18.2 Å². The molecule has 2 unspecified atom stereocenters. The van der Waals surface area contributed by atoms with Gasteiger partial charge in [-0.2, -0.15) is 0 Å². The number of ether oxygens (including phenoxy) is 1. The Labute approximate surface area is 126 Å². The van der Waals surface area contributed by atoms with Gasteiger partial charge in [0.2, 0.25) is 0 Å². The second kappa shape index (κ2) is 8.45. The van der Waals surface area contributed by atoms with E-state index in [2.05, 4.69) is 11.8 Å². The molecule has 5 heteroatoms. The van der Waals surface area contributed by atoms with Gasteiger partial charge in [0, 0.05) is 19.1 Å². The molecule has 2 atom stereocenters. The predicted molar refractivity (Wildman–Crippen MR) is 82.0 cm³/mol. The maximum Gasteiger partial charge on any atom is 0.165 e. The molecule has 2 rings (SSSR count). The van der Waals surface area contributed by atoms with Crippen LogP contribution in [0.2, 0.25) is 0 Å². The number of hydrogen-bond donors (Lipinski definition) is 1. The fourth-order valence-corrected chi connectivity index (χ4v) is 2.57. The largest absolute Gasteiger partial charge is 0.489 e. The van der Waals surface area contributed by atoms with Crippen LogP contribution in [0, 0.1) is 11.7 Å². The summed E-state index contributed by atoms with van der Waals surface area (Å²) in [6, 6.07) is 6.78. The van der Waals surface area contributed by atoms with E-state index in [1.807, 2.05) is 0 Å². The summed E-state index contributed by atoms with van der Waals surface area (Å²) in [7, 11) is 0. The Hall–Kier alpha value is -0.840. The Morgan fingerprint density at radius 1 is 1.45 bits per heavy atom. The van der Waals surface area contributed by atoms with Crippen LogP contribution in [0.3, 0.4) is 0 Å². The summed E-state index contributed by atoms with van der Waals surface area (Å²) in [6.45, 7) is 5.54. The van der Waals surface area contributed by atoms with E-state index >= 15 is 0 Å².